The molecule has 0 aliphatic rings. The van der Waals surface area contributed by atoms with Crippen LogP contribution in [-0.4, -0.2) is 49.3 Å². The molecule has 0 saturated carbocycles. The molecule has 0 spiro atoms. The number of nitrogens with zero attached hydrogens (tertiary/aromatic N) is 3. The number of hydrogen-bond acceptors (Lipinski definition) is 5. The second-order valence-electron chi connectivity index (χ2n) is 5.66. The fourth-order valence-electron chi connectivity index (χ4n) is 2.27. The zero-order valence-corrected chi connectivity index (χ0v) is 17.2. The van der Waals surface area contributed by atoms with Crippen molar-refractivity contribution in [2.45, 2.75) is 24.5 Å². The standard InChI is InChI=1S/C18H25FN4OS2/c1-13(24-4)17-22-14(12-26-17)11-23(3)18(20-2)21-9-10-25-16-8-6-5-7-15(16)19/h5-8,12-13H,9-11H2,1-4H3,(H,20,21). The van der Waals surface area contributed by atoms with Gasteiger partial charge in [0.25, 0.3) is 0 Å². The Morgan fingerprint density at radius 1 is 1.46 bits per heavy atom. The van der Waals surface area contributed by atoms with Crippen LogP contribution < -0.4 is 5.32 Å². The number of nitrogens with one attached hydrogen (secondary N) is 1. The number of benzene rings is 1. The number of thioether (sulfide) groups is 1. The van der Waals surface area contributed by atoms with E-state index in [-0.39, 0.29) is 11.9 Å². The summed E-state index contributed by atoms with van der Waals surface area (Å²) in [4.78, 5) is 11.6. The van der Waals surface area contributed by atoms with E-state index in [1.807, 2.05) is 30.3 Å². The van der Waals surface area contributed by atoms with Crippen LogP contribution in [0.25, 0.3) is 0 Å². The predicted octanol–water partition coefficient (Wildman–Crippen LogP) is 3.79. The lowest BCUT2D eigenvalue weighted by Gasteiger charge is -2.21. The molecule has 142 valence electrons. The second-order valence-corrected chi connectivity index (χ2v) is 7.69. The van der Waals surface area contributed by atoms with Gasteiger partial charge in [-0.1, -0.05) is 12.1 Å². The van der Waals surface area contributed by atoms with Crippen molar-refractivity contribution in [3.63, 3.8) is 0 Å². The predicted molar refractivity (Wildman–Crippen MR) is 107 cm³/mol. The molecule has 1 unspecified atom stereocenters. The highest BCUT2D eigenvalue weighted by molar-refractivity contribution is 7.99. The summed E-state index contributed by atoms with van der Waals surface area (Å²) in [6.07, 6.45) is 0.00639. The zero-order chi connectivity index (χ0) is 18.9. The van der Waals surface area contributed by atoms with Gasteiger partial charge in [-0.3, -0.25) is 4.99 Å². The number of ether oxygens (including phenoxy) is 1. The molecule has 1 atom stereocenters. The van der Waals surface area contributed by atoms with Crippen LogP contribution in [0.1, 0.15) is 23.7 Å². The van der Waals surface area contributed by atoms with Gasteiger partial charge in [0.2, 0.25) is 0 Å². The monoisotopic (exact) mass is 396 g/mol. The molecular formula is C18H25FN4OS2. The maximum absolute atomic E-state index is 13.6. The molecule has 26 heavy (non-hydrogen) atoms. The quantitative estimate of drug-likeness (QED) is 0.318. The number of guanidine groups is 1. The molecule has 0 aliphatic carbocycles. The summed E-state index contributed by atoms with van der Waals surface area (Å²) < 4.78 is 18.9. The number of hydrogen-bond donors (Lipinski definition) is 1. The van der Waals surface area contributed by atoms with Gasteiger partial charge in [0, 0.05) is 43.8 Å². The lowest BCUT2D eigenvalue weighted by atomic mass is 10.3. The van der Waals surface area contributed by atoms with E-state index in [2.05, 4.69) is 15.3 Å². The van der Waals surface area contributed by atoms with Gasteiger partial charge in [-0.15, -0.1) is 23.1 Å². The Morgan fingerprint density at radius 2 is 2.23 bits per heavy atom. The molecule has 1 N–H and O–H groups in total. The average Bonchev–Trinajstić information content (AvgIpc) is 3.10. The number of halogens is 1. The Hall–Kier alpha value is -1.64. The molecule has 2 aromatic rings. The van der Waals surface area contributed by atoms with Crippen molar-refractivity contribution < 1.29 is 9.13 Å². The van der Waals surface area contributed by atoms with Crippen LogP contribution in [0.4, 0.5) is 4.39 Å². The molecular weight excluding hydrogens is 371 g/mol. The van der Waals surface area contributed by atoms with Crippen molar-refractivity contribution in [3.05, 3.63) is 46.2 Å². The average molecular weight is 397 g/mol. The fourth-order valence-corrected chi connectivity index (χ4v) is 3.92. The maximum atomic E-state index is 13.6. The van der Waals surface area contributed by atoms with Crippen LogP contribution in [0.15, 0.2) is 39.5 Å². The number of thiazole rings is 1. The summed E-state index contributed by atoms with van der Waals surface area (Å²) >= 11 is 3.09. The molecule has 0 amide bonds. The van der Waals surface area contributed by atoms with E-state index in [0.29, 0.717) is 18.0 Å². The minimum Gasteiger partial charge on any atom is -0.375 e. The third kappa shape index (κ3) is 5.96. The van der Waals surface area contributed by atoms with E-state index in [1.165, 1.54) is 17.8 Å². The van der Waals surface area contributed by atoms with Crippen LogP contribution >= 0.6 is 23.1 Å². The van der Waals surface area contributed by atoms with Gasteiger partial charge in [0.05, 0.1) is 12.2 Å². The Bertz CT molecular complexity index is 723. The van der Waals surface area contributed by atoms with Crippen molar-refractivity contribution in [1.29, 1.82) is 0 Å². The normalized spacial score (nSPS) is 12.9. The number of aliphatic imine (C=N–C) groups is 1. The minimum absolute atomic E-state index is 0.00639. The first-order valence-electron chi connectivity index (χ1n) is 8.31. The van der Waals surface area contributed by atoms with Gasteiger partial charge >= 0.3 is 0 Å². The zero-order valence-electron chi connectivity index (χ0n) is 15.5. The topological polar surface area (TPSA) is 49.8 Å². The number of rotatable bonds is 8. The van der Waals surface area contributed by atoms with Gasteiger partial charge in [-0.05, 0) is 19.1 Å². The molecule has 0 radical (unpaired) electrons. The van der Waals surface area contributed by atoms with Crippen molar-refractivity contribution >= 4 is 29.1 Å². The summed E-state index contributed by atoms with van der Waals surface area (Å²) in [5, 5.41) is 6.32. The number of methoxy groups -OCH3 is 1. The summed E-state index contributed by atoms with van der Waals surface area (Å²) in [5.74, 6) is 1.36. The lowest BCUT2D eigenvalue weighted by molar-refractivity contribution is 0.119. The Morgan fingerprint density at radius 3 is 2.92 bits per heavy atom. The van der Waals surface area contributed by atoms with E-state index in [1.54, 1.807) is 37.6 Å². The van der Waals surface area contributed by atoms with Crippen molar-refractivity contribution in [2.24, 2.45) is 4.99 Å². The Kier molecular flexibility index (Phi) is 8.34. The molecule has 0 bridgehead atoms. The van der Waals surface area contributed by atoms with Gasteiger partial charge in [0.15, 0.2) is 5.96 Å². The molecule has 0 saturated heterocycles. The number of aromatic nitrogens is 1. The van der Waals surface area contributed by atoms with Crippen LogP contribution in [0.2, 0.25) is 0 Å². The highest BCUT2D eigenvalue weighted by Crippen LogP contribution is 2.21. The van der Waals surface area contributed by atoms with E-state index in [9.17, 15) is 4.39 Å². The van der Waals surface area contributed by atoms with Crippen LogP contribution in [0.3, 0.4) is 0 Å². The van der Waals surface area contributed by atoms with E-state index < -0.39 is 0 Å². The molecule has 1 aromatic heterocycles. The third-order valence-electron chi connectivity index (χ3n) is 3.72. The smallest absolute Gasteiger partial charge is 0.193 e. The van der Waals surface area contributed by atoms with Crippen molar-refractivity contribution in [1.82, 2.24) is 15.2 Å². The van der Waals surface area contributed by atoms with Crippen LogP contribution in [0.5, 0.6) is 0 Å². The summed E-state index contributed by atoms with van der Waals surface area (Å²) in [6, 6.07) is 6.82. The molecule has 0 aliphatic heterocycles. The van der Waals surface area contributed by atoms with Gasteiger partial charge < -0.3 is 15.0 Å². The minimum atomic E-state index is -0.177. The molecule has 2 rings (SSSR count). The lowest BCUT2D eigenvalue weighted by Crippen LogP contribution is -2.39. The first-order chi connectivity index (χ1) is 12.5. The Labute approximate surface area is 162 Å². The first-order valence-corrected chi connectivity index (χ1v) is 10.2. The fraction of sp³-hybridized carbons (Fsp3) is 0.444. The summed E-state index contributed by atoms with van der Waals surface area (Å²) in [6.45, 7) is 3.34. The molecule has 8 heteroatoms. The summed E-state index contributed by atoms with van der Waals surface area (Å²) in [7, 11) is 5.41. The van der Waals surface area contributed by atoms with E-state index >= 15 is 0 Å². The molecule has 0 fully saturated rings. The van der Waals surface area contributed by atoms with Gasteiger partial charge in [-0.25, -0.2) is 9.37 Å². The molecule has 1 aromatic carbocycles. The maximum Gasteiger partial charge on any atom is 0.193 e. The summed E-state index contributed by atoms with van der Waals surface area (Å²) in [5.41, 5.74) is 0.986. The second kappa shape index (κ2) is 10.5. The van der Waals surface area contributed by atoms with Crippen molar-refractivity contribution in [2.75, 3.05) is 33.5 Å². The van der Waals surface area contributed by atoms with Crippen molar-refractivity contribution in [3.8, 4) is 0 Å². The Balaban J connectivity index is 1.80. The third-order valence-corrected chi connectivity index (χ3v) is 5.83. The van der Waals surface area contributed by atoms with E-state index in [4.69, 9.17) is 4.74 Å². The highest BCUT2D eigenvalue weighted by atomic mass is 32.2. The van der Waals surface area contributed by atoms with Gasteiger partial charge in [0.1, 0.15) is 16.9 Å². The van der Waals surface area contributed by atoms with Gasteiger partial charge in [-0.2, -0.15) is 0 Å². The molecule has 1 heterocycles. The largest absolute Gasteiger partial charge is 0.375 e. The highest BCUT2D eigenvalue weighted by Gasteiger charge is 2.12. The SMILES string of the molecule is CN=C(NCCSc1ccccc1F)N(C)Cc1csc(C(C)OC)n1. The van der Waals surface area contributed by atoms with Crippen LogP contribution in [-0.2, 0) is 11.3 Å². The first kappa shape index (κ1) is 20.7. The molecule has 5 nitrogen and oxygen atoms in total. The van der Waals surface area contributed by atoms with E-state index in [0.717, 1.165) is 22.4 Å². The van der Waals surface area contributed by atoms with Crippen LogP contribution in [0, 0.1) is 5.82 Å².